The van der Waals surface area contributed by atoms with Crippen molar-refractivity contribution in [3.8, 4) is 0 Å². The Balaban J connectivity index is 0.717. The number of phosphoric ester groups is 2. The highest BCUT2D eigenvalue weighted by Crippen LogP contribution is 2.61. The Morgan fingerprint density at radius 2 is 1.41 bits per heavy atom. The van der Waals surface area contributed by atoms with Gasteiger partial charge in [0.15, 0.2) is 41.7 Å². The molecule has 4 aliphatic rings. The minimum Gasteiger partial charge on any atom is -0.387 e. The van der Waals surface area contributed by atoms with Gasteiger partial charge in [-0.3, -0.25) is 32.8 Å². The van der Waals surface area contributed by atoms with Gasteiger partial charge in [0.2, 0.25) is 17.7 Å². The van der Waals surface area contributed by atoms with Gasteiger partial charge in [0.1, 0.15) is 42.4 Å². The van der Waals surface area contributed by atoms with Gasteiger partial charge in [-0.15, -0.1) is 0 Å². The molecule has 0 saturated carbocycles. The van der Waals surface area contributed by atoms with Crippen molar-refractivity contribution in [1.82, 2.24) is 46.1 Å². The Kier molecular flexibility index (Phi) is 22.1. The molecule has 6 amide bonds. The van der Waals surface area contributed by atoms with E-state index in [4.69, 9.17) is 24.3 Å². The number of carbonyl (C=O) groups excluding carboxylic acids is 5. The van der Waals surface area contributed by atoms with Crippen molar-refractivity contribution >= 4 is 74.0 Å². The number of aliphatic hydroxyl groups is 4. The number of amides is 6. The number of primary amides is 1. The SMILES string of the molecule is NC(=O)c1ccc[n+]([C@H]2O[C@@H](COP(=O)(O)OP(=O)(O)OC[C@H]3O[C@@H](n4cnc5c(NCC(=O)NCCCCCCNC(=O)CCCCCNC(=O)CCCC[C@@H]6SC[C@@H]7NC(=O)N[C@@H]76)ncnc54)C(O)[C@H]3O)[C@@H](O)C2O)c1. The van der Waals surface area contributed by atoms with E-state index in [0.717, 1.165) is 69.9 Å². The first-order valence-corrected chi connectivity index (χ1v) is 29.7. The van der Waals surface area contributed by atoms with E-state index in [1.165, 1.54) is 40.0 Å². The molecule has 4 fully saturated rings. The number of ether oxygens (including phenoxy) is 2. The standard InChI is InChI=1S/C45H68N12O18P2S/c46-40(65)26-11-10-18-56(20-26)43-38(63)36(61)28(73-43)21-71-76(67,68)75-77(69,70)72-22-29-37(62)39(64)44(74-29)57-25-53-35-41(51-24-52-42(35)57)50-19-33(60)49-17-8-2-1-7-15-47-31(58)13-4-3-9-16-48-32(59)14-6-5-12-30-34-27(23-78-30)54-45(66)55-34/h10-11,18,20,24-25,27-30,34,36-39,43-44,61-64H,1-9,12-17,19,21-23H2,(H9-,46,47,48,49,50,51,52,54,55,58,59,60,65,66,67,68,69,70)/p+1/t27-,28-,29+,30-,34-,36+,37-,38?,39?,43-,44+/m0/s1. The lowest BCUT2D eigenvalue weighted by atomic mass is 10.0. The van der Waals surface area contributed by atoms with Crippen molar-refractivity contribution in [2.45, 2.75) is 143 Å². The number of thioether (sulfide) groups is 1. The highest BCUT2D eigenvalue weighted by molar-refractivity contribution is 8.00. The zero-order valence-corrected chi connectivity index (χ0v) is 45.1. The Morgan fingerprint density at radius 1 is 0.795 bits per heavy atom. The van der Waals surface area contributed by atoms with E-state index in [-0.39, 0.29) is 64.9 Å². The Hall–Kier alpha value is -4.98. The smallest absolute Gasteiger partial charge is 0.387 e. The monoisotopic (exact) mass is 1160 g/mol. The summed E-state index contributed by atoms with van der Waals surface area (Å²) in [6.45, 7) is -0.504. The maximum absolute atomic E-state index is 12.7. The topological polar surface area (TPSA) is 433 Å². The van der Waals surface area contributed by atoms with Crippen LogP contribution in [0.25, 0.3) is 11.2 Å². The van der Waals surface area contributed by atoms with Crippen LogP contribution in [0.5, 0.6) is 0 Å². The molecule has 4 unspecified atom stereocenters. The number of carbonyl (C=O) groups is 5. The molecule has 14 N–H and O–H groups in total. The molecule has 4 aliphatic heterocycles. The summed E-state index contributed by atoms with van der Waals surface area (Å²) in [4.78, 5) is 93.4. The third-order valence-electron chi connectivity index (χ3n) is 13.4. The van der Waals surface area contributed by atoms with Crippen LogP contribution >= 0.6 is 27.4 Å². The van der Waals surface area contributed by atoms with Gasteiger partial charge in [0, 0.05) is 49.5 Å². The molecule has 0 bridgehead atoms. The molecular formula is C45H69N12O18P2S+. The summed E-state index contributed by atoms with van der Waals surface area (Å²) < 4.78 is 53.1. The average Bonchev–Trinajstić information content (AvgIpc) is 4.24. The second-order valence-electron chi connectivity index (χ2n) is 19.1. The van der Waals surface area contributed by atoms with Crippen LogP contribution in [0, 0.1) is 0 Å². The predicted molar refractivity (Wildman–Crippen MR) is 273 cm³/mol. The van der Waals surface area contributed by atoms with Crippen LogP contribution in [0.15, 0.2) is 37.2 Å². The number of aliphatic hydroxyl groups excluding tert-OH is 4. The number of nitrogens with one attached hydrogen (secondary N) is 6. The van der Waals surface area contributed by atoms with Crippen LogP contribution in [0.2, 0.25) is 0 Å². The number of nitrogens with zero attached hydrogens (tertiary/aromatic N) is 5. The molecule has 7 rings (SSSR count). The number of nitrogens with two attached hydrogens (primary N) is 1. The van der Waals surface area contributed by atoms with Gasteiger partial charge in [-0.05, 0) is 44.6 Å². The Labute approximate surface area is 451 Å². The summed E-state index contributed by atoms with van der Waals surface area (Å²) in [5.41, 5.74) is 5.62. The van der Waals surface area contributed by atoms with E-state index < -0.39 is 83.8 Å². The van der Waals surface area contributed by atoms with Crippen molar-refractivity contribution in [3.05, 3.63) is 42.7 Å². The number of hydrogen-bond acceptors (Lipinski definition) is 21. The molecular weight excluding hydrogens is 1090 g/mol. The fourth-order valence-corrected chi connectivity index (χ4v) is 12.9. The molecule has 30 nitrogen and oxygen atoms in total. The van der Waals surface area contributed by atoms with Crippen molar-refractivity contribution in [2.75, 3.05) is 50.5 Å². The van der Waals surface area contributed by atoms with Crippen LogP contribution in [0.3, 0.4) is 0 Å². The molecule has 0 spiro atoms. The number of fused-ring (bicyclic) bond motifs is 2. The summed E-state index contributed by atoms with van der Waals surface area (Å²) in [6.07, 6.45) is 1.85. The second kappa shape index (κ2) is 28.4. The number of phosphoric acid groups is 2. The van der Waals surface area contributed by atoms with Crippen LogP contribution in [0.1, 0.15) is 99.9 Å². The highest BCUT2D eigenvalue weighted by Gasteiger charge is 2.50. The highest BCUT2D eigenvalue weighted by atomic mass is 32.2. The van der Waals surface area contributed by atoms with Crippen molar-refractivity contribution in [2.24, 2.45) is 5.73 Å². The normalized spacial score (nSPS) is 27.1. The van der Waals surface area contributed by atoms with Gasteiger partial charge < -0.3 is 77.3 Å². The fraction of sp³-hybridized carbons (Fsp3) is 0.667. The Morgan fingerprint density at radius 3 is 2.08 bits per heavy atom. The molecule has 0 radical (unpaired) electrons. The van der Waals surface area contributed by atoms with Crippen molar-refractivity contribution in [3.63, 3.8) is 0 Å². The first kappa shape index (κ1) is 60.7. The molecule has 0 aliphatic carbocycles. The molecule has 13 atom stereocenters. The average molecular weight is 1160 g/mol. The molecule has 78 heavy (non-hydrogen) atoms. The van der Waals surface area contributed by atoms with Crippen molar-refractivity contribution < 1.29 is 90.7 Å². The number of unbranched alkanes of at least 4 members (excludes halogenated alkanes) is 6. The number of rotatable bonds is 32. The largest absolute Gasteiger partial charge is 0.481 e. The summed E-state index contributed by atoms with van der Waals surface area (Å²) >= 11 is 1.87. The van der Waals surface area contributed by atoms with E-state index in [1.54, 1.807) is 0 Å². The summed E-state index contributed by atoms with van der Waals surface area (Å²) in [5.74, 6) is 0.0129. The number of hydrogen-bond donors (Lipinski definition) is 13. The molecule has 432 valence electrons. The van der Waals surface area contributed by atoms with Gasteiger partial charge in [0.25, 0.3) is 12.1 Å². The van der Waals surface area contributed by atoms with E-state index in [0.29, 0.717) is 44.1 Å². The zero-order chi connectivity index (χ0) is 56.0. The minimum absolute atomic E-state index is 0.00841. The van der Waals surface area contributed by atoms with E-state index >= 15 is 0 Å². The third kappa shape index (κ3) is 17.0. The first-order valence-electron chi connectivity index (χ1n) is 25.7. The second-order valence-corrected chi connectivity index (χ2v) is 23.5. The first-order chi connectivity index (χ1) is 37.3. The van der Waals surface area contributed by atoms with Crippen LogP contribution in [-0.2, 0) is 46.3 Å². The lowest BCUT2D eigenvalue weighted by Crippen LogP contribution is -2.46. The van der Waals surface area contributed by atoms with Gasteiger partial charge >= 0.3 is 21.7 Å². The van der Waals surface area contributed by atoms with Crippen molar-refractivity contribution in [1.29, 1.82) is 0 Å². The van der Waals surface area contributed by atoms with Gasteiger partial charge in [-0.2, -0.15) is 20.6 Å². The van der Waals surface area contributed by atoms with Crippen LogP contribution in [0.4, 0.5) is 10.6 Å². The maximum atomic E-state index is 12.7. The van der Waals surface area contributed by atoms with E-state index in [1.807, 2.05) is 11.8 Å². The van der Waals surface area contributed by atoms with Gasteiger partial charge in [-0.1, -0.05) is 25.7 Å². The number of urea groups is 1. The summed E-state index contributed by atoms with van der Waals surface area (Å²) in [5, 5.41) is 60.6. The number of pyridine rings is 1. The molecule has 7 heterocycles. The number of aromatic nitrogens is 5. The minimum atomic E-state index is -5.47. The molecule has 33 heteroatoms. The maximum Gasteiger partial charge on any atom is 0.481 e. The number of anilines is 1. The van der Waals surface area contributed by atoms with E-state index in [2.05, 4.69) is 51.2 Å². The van der Waals surface area contributed by atoms with Crippen LogP contribution < -0.4 is 42.2 Å². The molecule has 4 saturated heterocycles. The lowest BCUT2D eigenvalue weighted by Gasteiger charge is -2.20. The fourth-order valence-electron chi connectivity index (χ4n) is 9.24. The predicted octanol–water partition coefficient (Wildman–Crippen LogP) is -0.991. The third-order valence-corrected chi connectivity index (χ3v) is 17.5. The molecule has 0 aromatic carbocycles. The van der Waals surface area contributed by atoms with E-state index in [9.17, 15) is 63.3 Å². The van der Waals surface area contributed by atoms with Crippen LogP contribution in [-0.4, -0.2) is 178 Å². The Bertz CT molecular complexity index is 2650. The summed E-state index contributed by atoms with van der Waals surface area (Å²) in [6, 6.07) is 3.12. The molecule has 3 aromatic rings. The summed E-state index contributed by atoms with van der Waals surface area (Å²) in [7, 11) is -10.9. The molecule has 3 aromatic heterocycles. The van der Waals surface area contributed by atoms with Gasteiger partial charge in [0.05, 0.1) is 38.2 Å². The quantitative estimate of drug-likeness (QED) is 0.0154. The number of imidazole rings is 1. The lowest BCUT2D eigenvalue weighted by molar-refractivity contribution is -0.765. The zero-order valence-electron chi connectivity index (χ0n) is 42.4. The van der Waals surface area contributed by atoms with Gasteiger partial charge in [-0.25, -0.2) is 28.9 Å².